The van der Waals surface area contributed by atoms with E-state index in [9.17, 15) is 4.79 Å². The summed E-state index contributed by atoms with van der Waals surface area (Å²) in [6.07, 6.45) is 3.54. The van der Waals surface area contributed by atoms with Gasteiger partial charge in [-0.3, -0.25) is 4.79 Å². The van der Waals surface area contributed by atoms with Gasteiger partial charge in [-0.05, 0) is 31.2 Å². The number of hydrogen-bond donors (Lipinski definition) is 1. The molecule has 0 spiro atoms. The van der Waals surface area contributed by atoms with Crippen LogP contribution in [0.2, 0.25) is 0 Å². The smallest absolute Gasteiger partial charge is 0.305 e. The molecular formula is C12H25NO2. The predicted octanol–water partition coefficient (Wildman–Crippen LogP) is 2.34. The maximum atomic E-state index is 11.3. The Morgan fingerprint density at radius 2 is 2.00 bits per heavy atom. The van der Waals surface area contributed by atoms with Gasteiger partial charge < -0.3 is 10.5 Å². The first-order valence-corrected chi connectivity index (χ1v) is 5.95. The molecule has 0 saturated heterocycles. The van der Waals surface area contributed by atoms with E-state index in [-0.39, 0.29) is 5.97 Å². The lowest BCUT2D eigenvalue weighted by Gasteiger charge is -2.13. The molecule has 0 heterocycles. The number of hydrogen-bond acceptors (Lipinski definition) is 3. The predicted molar refractivity (Wildman–Crippen MR) is 62.5 cm³/mol. The Hall–Kier alpha value is -0.570. The third kappa shape index (κ3) is 8.43. The normalized spacial score (nSPS) is 12.9. The lowest BCUT2D eigenvalue weighted by molar-refractivity contribution is -0.145. The summed E-state index contributed by atoms with van der Waals surface area (Å²) in [4.78, 5) is 11.3. The molecule has 0 fully saturated rings. The van der Waals surface area contributed by atoms with Crippen LogP contribution in [-0.2, 0) is 9.53 Å². The van der Waals surface area contributed by atoms with Crippen molar-refractivity contribution in [2.24, 2.45) is 17.6 Å². The van der Waals surface area contributed by atoms with E-state index < -0.39 is 0 Å². The van der Waals surface area contributed by atoms with Gasteiger partial charge in [0.15, 0.2) is 0 Å². The summed E-state index contributed by atoms with van der Waals surface area (Å²) in [7, 11) is 0. The van der Waals surface area contributed by atoms with Gasteiger partial charge in [0.2, 0.25) is 0 Å². The van der Waals surface area contributed by atoms with Crippen LogP contribution in [0.3, 0.4) is 0 Å². The second kappa shape index (κ2) is 8.72. The Labute approximate surface area is 93.4 Å². The van der Waals surface area contributed by atoms with E-state index in [0.29, 0.717) is 31.4 Å². The van der Waals surface area contributed by atoms with E-state index in [1.165, 1.54) is 0 Å². The number of rotatable bonds is 8. The van der Waals surface area contributed by atoms with Crippen LogP contribution in [-0.4, -0.2) is 19.1 Å². The second-order valence-electron chi connectivity index (χ2n) is 4.47. The monoisotopic (exact) mass is 215 g/mol. The summed E-state index contributed by atoms with van der Waals surface area (Å²) in [5.74, 6) is 0.917. The highest BCUT2D eigenvalue weighted by Gasteiger charge is 2.10. The minimum absolute atomic E-state index is 0.0702. The molecule has 0 rings (SSSR count). The summed E-state index contributed by atoms with van der Waals surface area (Å²) < 4.78 is 5.11. The Kier molecular flexibility index (Phi) is 8.38. The lowest BCUT2D eigenvalue weighted by Crippen LogP contribution is -2.13. The Morgan fingerprint density at radius 1 is 1.33 bits per heavy atom. The standard InChI is InChI=1S/C12H25NO2/c1-4-11(7-8-13)5-6-12(14)15-9-10(2)3/h10-11H,4-9,13H2,1-3H3. The number of nitrogens with two attached hydrogens (primary N) is 1. The van der Waals surface area contributed by atoms with Gasteiger partial charge in [-0.15, -0.1) is 0 Å². The average Bonchev–Trinajstić information content (AvgIpc) is 2.21. The molecule has 0 radical (unpaired) electrons. The summed E-state index contributed by atoms with van der Waals surface area (Å²) in [6.45, 7) is 7.46. The molecule has 0 saturated carbocycles. The van der Waals surface area contributed by atoms with Crippen LogP contribution in [0.4, 0.5) is 0 Å². The van der Waals surface area contributed by atoms with Gasteiger partial charge in [-0.2, -0.15) is 0 Å². The van der Waals surface area contributed by atoms with Crippen molar-refractivity contribution in [3.8, 4) is 0 Å². The Balaban J connectivity index is 3.59. The van der Waals surface area contributed by atoms with Gasteiger partial charge in [0.05, 0.1) is 6.61 Å². The molecule has 3 nitrogen and oxygen atoms in total. The molecule has 0 bridgehead atoms. The molecule has 0 aromatic carbocycles. The largest absolute Gasteiger partial charge is 0.465 e. The van der Waals surface area contributed by atoms with Gasteiger partial charge >= 0.3 is 5.97 Å². The summed E-state index contributed by atoms with van der Waals surface area (Å²) >= 11 is 0. The maximum absolute atomic E-state index is 11.3. The van der Waals surface area contributed by atoms with Gasteiger partial charge in [-0.25, -0.2) is 0 Å². The molecule has 0 amide bonds. The maximum Gasteiger partial charge on any atom is 0.305 e. The third-order valence-electron chi connectivity index (χ3n) is 2.49. The molecule has 0 aromatic rings. The first-order valence-electron chi connectivity index (χ1n) is 5.95. The fourth-order valence-electron chi connectivity index (χ4n) is 1.44. The highest BCUT2D eigenvalue weighted by atomic mass is 16.5. The minimum Gasteiger partial charge on any atom is -0.465 e. The molecule has 0 aliphatic rings. The van der Waals surface area contributed by atoms with E-state index in [1.807, 2.05) is 13.8 Å². The van der Waals surface area contributed by atoms with Crippen LogP contribution < -0.4 is 5.73 Å². The van der Waals surface area contributed by atoms with Crippen LogP contribution in [0, 0.1) is 11.8 Å². The van der Waals surface area contributed by atoms with E-state index in [1.54, 1.807) is 0 Å². The SMILES string of the molecule is CCC(CCN)CCC(=O)OCC(C)C. The van der Waals surface area contributed by atoms with Crippen molar-refractivity contribution >= 4 is 5.97 Å². The van der Waals surface area contributed by atoms with E-state index in [0.717, 1.165) is 19.3 Å². The summed E-state index contributed by atoms with van der Waals surface area (Å²) in [5, 5.41) is 0. The zero-order valence-electron chi connectivity index (χ0n) is 10.3. The van der Waals surface area contributed by atoms with Crippen molar-refractivity contribution in [3.05, 3.63) is 0 Å². The highest BCUT2D eigenvalue weighted by molar-refractivity contribution is 5.69. The molecular weight excluding hydrogens is 190 g/mol. The first-order chi connectivity index (χ1) is 7.10. The van der Waals surface area contributed by atoms with Crippen molar-refractivity contribution in [1.29, 1.82) is 0 Å². The zero-order chi connectivity index (χ0) is 11.7. The molecule has 2 N–H and O–H groups in total. The van der Waals surface area contributed by atoms with Crippen LogP contribution in [0.1, 0.15) is 46.5 Å². The lowest BCUT2D eigenvalue weighted by atomic mass is 9.97. The molecule has 1 atom stereocenters. The number of carbonyl (C=O) groups is 1. The number of esters is 1. The molecule has 1 unspecified atom stereocenters. The molecule has 90 valence electrons. The third-order valence-corrected chi connectivity index (χ3v) is 2.49. The fraction of sp³-hybridized carbons (Fsp3) is 0.917. The zero-order valence-corrected chi connectivity index (χ0v) is 10.3. The van der Waals surface area contributed by atoms with Crippen LogP contribution in [0.15, 0.2) is 0 Å². The number of carbonyl (C=O) groups excluding carboxylic acids is 1. The van der Waals surface area contributed by atoms with Crippen LogP contribution in [0.25, 0.3) is 0 Å². The van der Waals surface area contributed by atoms with Crippen molar-refractivity contribution in [3.63, 3.8) is 0 Å². The molecule has 0 aromatic heterocycles. The highest BCUT2D eigenvalue weighted by Crippen LogP contribution is 2.14. The molecule has 3 heteroatoms. The van der Waals surface area contributed by atoms with Gasteiger partial charge in [0, 0.05) is 6.42 Å². The topological polar surface area (TPSA) is 52.3 Å². The first kappa shape index (κ1) is 14.4. The quantitative estimate of drug-likeness (QED) is 0.632. The van der Waals surface area contributed by atoms with E-state index in [2.05, 4.69) is 6.92 Å². The van der Waals surface area contributed by atoms with Crippen molar-refractivity contribution in [2.45, 2.75) is 46.5 Å². The van der Waals surface area contributed by atoms with Crippen molar-refractivity contribution < 1.29 is 9.53 Å². The average molecular weight is 215 g/mol. The minimum atomic E-state index is -0.0702. The molecule has 0 aliphatic carbocycles. The Morgan fingerprint density at radius 3 is 2.47 bits per heavy atom. The second-order valence-corrected chi connectivity index (χ2v) is 4.47. The van der Waals surface area contributed by atoms with Gasteiger partial charge in [0.1, 0.15) is 0 Å². The van der Waals surface area contributed by atoms with E-state index >= 15 is 0 Å². The summed E-state index contributed by atoms with van der Waals surface area (Å²) in [5.41, 5.74) is 5.49. The number of ether oxygens (including phenoxy) is 1. The van der Waals surface area contributed by atoms with Crippen molar-refractivity contribution in [2.75, 3.05) is 13.2 Å². The fourth-order valence-corrected chi connectivity index (χ4v) is 1.44. The van der Waals surface area contributed by atoms with Crippen LogP contribution in [0.5, 0.6) is 0 Å². The molecule has 0 aliphatic heterocycles. The molecule has 15 heavy (non-hydrogen) atoms. The van der Waals surface area contributed by atoms with E-state index in [4.69, 9.17) is 10.5 Å². The van der Waals surface area contributed by atoms with Crippen molar-refractivity contribution in [1.82, 2.24) is 0 Å². The Bertz CT molecular complexity index is 169. The summed E-state index contributed by atoms with van der Waals surface area (Å²) in [6, 6.07) is 0. The van der Waals surface area contributed by atoms with Gasteiger partial charge in [0.25, 0.3) is 0 Å². The van der Waals surface area contributed by atoms with Gasteiger partial charge in [-0.1, -0.05) is 27.2 Å². The van der Waals surface area contributed by atoms with Crippen LogP contribution >= 0.6 is 0 Å².